The van der Waals surface area contributed by atoms with Gasteiger partial charge in [-0.25, -0.2) is 4.79 Å². The highest BCUT2D eigenvalue weighted by Crippen LogP contribution is 2.28. The molecule has 1 atom stereocenters. The van der Waals surface area contributed by atoms with Crippen molar-refractivity contribution in [1.29, 1.82) is 0 Å². The molecule has 1 unspecified atom stereocenters. The fourth-order valence-corrected chi connectivity index (χ4v) is 3.97. The lowest BCUT2D eigenvalue weighted by Crippen LogP contribution is -2.55. The number of nitrogens with zero attached hydrogens (tertiary/aromatic N) is 2. The van der Waals surface area contributed by atoms with Crippen LogP contribution in [0, 0.1) is 5.92 Å². The van der Waals surface area contributed by atoms with Crippen LogP contribution in [0.25, 0.3) is 10.9 Å². The quantitative estimate of drug-likeness (QED) is 0.838. The van der Waals surface area contributed by atoms with E-state index in [1.54, 1.807) is 6.07 Å². The van der Waals surface area contributed by atoms with Crippen molar-refractivity contribution in [1.82, 2.24) is 20.4 Å². The predicted molar refractivity (Wildman–Crippen MR) is 87.2 cm³/mol. The second-order valence-electron chi connectivity index (χ2n) is 6.52. The second kappa shape index (κ2) is 5.94. The fourth-order valence-electron chi connectivity index (χ4n) is 3.97. The maximum absolute atomic E-state index is 12.0. The van der Waals surface area contributed by atoms with Crippen LogP contribution >= 0.6 is 0 Å². The van der Waals surface area contributed by atoms with Crippen LogP contribution in [-0.2, 0) is 11.3 Å². The van der Waals surface area contributed by atoms with Gasteiger partial charge in [-0.3, -0.25) is 5.10 Å². The molecule has 3 saturated heterocycles. The van der Waals surface area contributed by atoms with Gasteiger partial charge in [0.2, 0.25) is 0 Å². The van der Waals surface area contributed by atoms with Crippen LogP contribution in [0.5, 0.6) is 0 Å². The van der Waals surface area contributed by atoms with E-state index in [0.717, 1.165) is 29.1 Å². The molecule has 1 aromatic heterocycles. The Morgan fingerprint density at radius 2 is 2.26 bits per heavy atom. The average Bonchev–Trinajstić information content (AvgIpc) is 3.03. The number of nitrogens with one attached hydrogen (secondary N) is 2. The summed E-state index contributed by atoms with van der Waals surface area (Å²) in [6.07, 6.45) is 2.57. The summed E-state index contributed by atoms with van der Waals surface area (Å²) in [7, 11) is 1.41. The Balaban J connectivity index is 1.56. The maximum Gasteiger partial charge on any atom is 0.338 e. The van der Waals surface area contributed by atoms with E-state index in [2.05, 4.69) is 20.4 Å². The van der Waals surface area contributed by atoms with Crippen molar-refractivity contribution in [2.24, 2.45) is 5.92 Å². The first-order valence-electron chi connectivity index (χ1n) is 8.26. The number of hydrogen-bond acceptors (Lipinski definition) is 5. The summed E-state index contributed by atoms with van der Waals surface area (Å²) < 4.78 is 4.90. The Hall–Kier alpha value is -1.92. The molecule has 0 radical (unpaired) electrons. The first-order chi connectivity index (χ1) is 11.3. The third kappa shape index (κ3) is 2.62. The van der Waals surface area contributed by atoms with E-state index < -0.39 is 0 Å². The molecule has 4 heterocycles. The third-order valence-electron chi connectivity index (χ3n) is 5.26. The zero-order chi connectivity index (χ0) is 15.8. The van der Waals surface area contributed by atoms with Gasteiger partial charge in [0, 0.05) is 24.5 Å². The highest BCUT2D eigenvalue weighted by molar-refractivity contribution is 6.04. The van der Waals surface area contributed by atoms with E-state index >= 15 is 0 Å². The highest BCUT2D eigenvalue weighted by Gasteiger charge is 2.33. The standard InChI is InChI=1S/C17H22N4O2/c1-23-17(22)12-3-2-4-13-16(12)14(20-19-13)9-18-15-10-21-7-5-11(15)6-8-21/h2-4,11,15,18H,5-10H2,1H3,(H,19,20). The van der Waals surface area contributed by atoms with Crippen molar-refractivity contribution < 1.29 is 9.53 Å². The number of carbonyl (C=O) groups excluding carboxylic acids is 1. The molecule has 0 saturated carbocycles. The summed E-state index contributed by atoms with van der Waals surface area (Å²) in [5, 5.41) is 11.9. The minimum atomic E-state index is -0.318. The van der Waals surface area contributed by atoms with Gasteiger partial charge in [-0.1, -0.05) is 6.07 Å². The lowest BCUT2D eigenvalue weighted by molar-refractivity contribution is 0.0603. The molecule has 6 nitrogen and oxygen atoms in total. The molecule has 0 spiro atoms. The summed E-state index contributed by atoms with van der Waals surface area (Å²) in [6.45, 7) is 4.30. The maximum atomic E-state index is 12.0. The molecule has 5 rings (SSSR count). The Bertz CT molecular complexity index is 718. The minimum Gasteiger partial charge on any atom is -0.465 e. The van der Waals surface area contributed by atoms with Crippen LogP contribution in [0.3, 0.4) is 0 Å². The van der Waals surface area contributed by atoms with Gasteiger partial charge in [-0.15, -0.1) is 0 Å². The molecule has 3 aliphatic rings. The number of carbonyl (C=O) groups is 1. The molecule has 23 heavy (non-hydrogen) atoms. The molecular weight excluding hydrogens is 292 g/mol. The lowest BCUT2D eigenvalue weighted by atomic mass is 9.84. The van der Waals surface area contributed by atoms with Crippen LogP contribution in [-0.4, -0.2) is 53.9 Å². The molecule has 3 fully saturated rings. The number of aromatic amines is 1. The van der Waals surface area contributed by atoms with E-state index in [1.165, 1.54) is 33.0 Å². The Labute approximate surface area is 135 Å². The van der Waals surface area contributed by atoms with Gasteiger partial charge in [0.1, 0.15) is 0 Å². The minimum absolute atomic E-state index is 0.318. The number of fused-ring (bicyclic) bond motifs is 4. The third-order valence-corrected chi connectivity index (χ3v) is 5.26. The number of H-pyrrole nitrogens is 1. The average molecular weight is 314 g/mol. The summed E-state index contributed by atoms with van der Waals surface area (Å²) in [4.78, 5) is 14.5. The first-order valence-corrected chi connectivity index (χ1v) is 8.26. The monoisotopic (exact) mass is 314 g/mol. The molecule has 2 N–H and O–H groups in total. The van der Waals surface area contributed by atoms with E-state index in [0.29, 0.717) is 18.2 Å². The van der Waals surface area contributed by atoms with Gasteiger partial charge in [-0.05, 0) is 44.0 Å². The summed E-state index contributed by atoms with van der Waals surface area (Å²) in [6, 6.07) is 6.07. The largest absolute Gasteiger partial charge is 0.465 e. The summed E-state index contributed by atoms with van der Waals surface area (Å²) in [5.74, 6) is 0.454. The van der Waals surface area contributed by atoms with Gasteiger partial charge in [0.05, 0.1) is 23.9 Å². The van der Waals surface area contributed by atoms with Crippen molar-refractivity contribution in [2.75, 3.05) is 26.7 Å². The zero-order valence-corrected chi connectivity index (χ0v) is 13.3. The fraction of sp³-hybridized carbons (Fsp3) is 0.529. The topological polar surface area (TPSA) is 70.2 Å². The van der Waals surface area contributed by atoms with Gasteiger partial charge < -0.3 is 15.0 Å². The van der Waals surface area contributed by atoms with Crippen molar-refractivity contribution in [3.63, 3.8) is 0 Å². The van der Waals surface area contributed by atoms with E-state index in [4.69, 9.17) is 4.74 Å². The second-order valence-corrected chi connectivity index (χ2v) is 6.52. The van der Waals surface area contributed by atoms with Gasteiger partial charge in [0.25, 0.3) is 0 Å². The smallest absolute Gasteiger partial charge is 0.338 e. The van der Waals surface area contributed by atoms with Gasteiger partial charge >= 0.3 is 5.97 Å². The number of esters is 1. The van der Waals surface area contributed by atoms with E-state index in [-0.39, 0.29) is 5.97 Å². The van der Waals surface area contributed by atoms with Crippen LogP contribution in [0.1, 0.15) is 28.9 Å². The normalized spacial score (nSPS) is 26.6. The Kier molecular flexibility index (Phi) is 3.79. The van der Waals surface area contributed by atoms with Crippen molar-refractivity contribution >= 4 is 16.9 Å². The van der Waals surface area contributed by atoms with Crippen LogP contribution in [0.4, 0.5) is 0 Å². The summed E-state index contributed by atoms with van der Waals surface area (Å²) in [5.41, 5.74) is 2.33. The van der Waals surface area contributed by atoms with Gasteiger partial charge in [-0.2, -0.15) is 5.10 Å². The zero-order valence-electron chi connectivity index (χ0n) is 13.3. The molecule has 6 heteroatoms. The molecule has 2 aromatic rings. The van der Waals surface area contributed by atoms with Crippen LogP contribution in [0.2, 0.25) is 0 Å². The molecule has 122 valence electrons. The van der Waals surface area contributed by atoms with E-state index in [9.17, 15) is 4.79 Å². The molecule has 0 aliphatic carbocycles. The number of benzene rings is 1. The van der Waals surface area contributed by atoms with Crippen molar-refractivity contribution in [2.45, 2.75) is 25.4 Å². The van der Waals surface area contributed by atoms with Crippen LogP contribution in [0.15, 0.2) is 18.2 Å². The number of piperidine rings is 3. The molecule has 2 bridgehead atoms. The first kappa shape index (κ1) is 14.7. The SMILES string of the molecule is COC(=O)c1cccc2n[nH]c(CNC3CN4CCC3CC4)c12. The number of rotatable bonds is 4. The molecule has 0 amide bonds. The number of hydrogen-bond donors (Lipinski definition) is 2. The summed E-state index contributed by atoms with van der Waals surface area (Å²) >= 11 is 0. The Morgan fingerprint density at radius 3 is 2.96 bits per heavy atom. The molecule has 3 aliphatic heterocycles. The van der Waals surface area contributed by atoms with Crippen molar-refractivity contribution in [3.05, 3.63) is 29.5 Å². The molecule has 1 aromatic carbocycles. The molecular formula is C17H22N4O2. The Morgan fingerprint density at radius 1 is 1.43 bits per heavy atom. The van der Waals surface area contributed by atoms with Crippen molar-refractivity contribution in [3.8, 4) is 0 Å². The number of ether oxygens (including phenoxy) is 1. The highest BCUT2D eigenvalue weighted by atomic mass is 16.5. The van der Waals surface area contributed by atoms with Gasteiger partial charge in [0.15, 0.2) is 0 Å². The number of aromatic nitrogens is 2. The lowest BCUT2D eigenvalue weighted by Gasteiger charge is -2.45. The van der Waals surface area contributed by atoms with Crippen LogP contribution < -0.4 is 5.32 Å². The number of methoxy groups -OCH3 is 1. The van der Waals surface area contributed by atoms with E-state index in [1.807, 2.05) is 12.1 Å². The predicted octanol–water partition coefficient (Wildman–Crippen LogP) is 1.53.